The first-order valence-corrected chi connectivity index (χ1v) is 8.38. The lowest BCUT2D eigenvalue weighted by Gasteiger charge is -2.40. The highest BCUT2D eigenvalue weighted by molar-refractivity contribution is 5.72. The number of rotatable bonds is 10. The molecule has 5 nitrogen and oxygen atoms in total. The monoisotopic (exact) mass is 316 g/mol. The SMILES string of the molecule is COCCOCCOC(C(=O)O)[C@H]1C[C@H](C)CC[C@H]1C(C)C. The number of aliphatic carboxylic acids is 1. The van der Waals surface area contributed by atoms with Crippen molar-refractivity contribution >= 4 is 5.97 Å². The van der Waals surface area contributed by atoms with Gasteiger partial charge in [0.1, 0.15) is 0 Å². The molecule has 22 heavy (non-hydrogen) atoms. The van der Waals surface area contributed by atoms with Gasteiger partial charge in [-0.15, -0.1) is 0 Å². The zero-order valence-electron chi connectivity index (χ0n) is 14.4. The number of methoxy groups -OCH3 is 1. The molecule has 0 saturated heterocycles. The molecule has 1 aliphatic carbocycles. The van der Waals surface area contributed by atoms with Gasteiger partial charge >= 0.3 is 5.97 Å². The number of hydrogen-bond acceptors (Lipinski definition) is 4. The van der Waals surface area contributed by atoms with Gasteiger partial charge < -0.3 is 19.3 Å². The topological polar surface area (TPSA) is 65.0 Å². The molecule has 0 aromatic heterocycles. The summed E-state index contributed by atoms with van der Waals surface area (Å²) in [7, 11) is 1.62. The van der Waals surface area contributed by atoms with E-state index in [1.54, 1.807) is 7.11 Å². The van der Waals surface area contributed by atoms with E-state index in [1.807, 2.05) is 0 Å². The number of hydrogen-bond donors (Lipinski definition) is 1. The molecule has 5 heteroatoms. The minimum Gasteiger partial charge on any atom is -0.479 e. The molecule has 0 aromatic rings. The standard InChI is InChI=1S/C17H32O5/c1-12(2)14-6-5-13(3)11-15(14)16(17(18)19)22-10-9-21-8-7-20-4/h12-16H,5-11H2,1-4H3,(H,18,19)/t13-,14+,15+,16?/m1/s1. The fourth-order valence-corrected chi connectivity index (χ4v) is 3.48. The lowest BCUT2D eigenvalue weighted by atomic mass is 9.68. The van der Waals surface area contributed by atoms with Crippen molar-refractivity contribution in [3.05, 3.63) is 0 Å². The summed E-state index contributed by atoms with van der Waals surface area (Å²) in [5.74, 6) is 0.734. The largest absolute Gasteiger partial charge is 0.479 e. The second kappa shape index (κ2) is 10.2. The van der Waals surface area contributed by atoms with Crippen LogP contribution in [0, 0.1) is 23.7 Å². The Labute approximate surface area is 134 Å². The fourth-order valence-electron chi connectivity index (χ4n) is 3.48. The first kappa shape index (κ1) is 19.4. The van der Waals surface area contributed by atoms with Crippen LogP contribution in [0.4, 0.5) is 0 Å². The van der Waals surface area contributed by atoms with Gasteiger partial charge in [-0.2, -0.15) is 0 Å². The third-order valence-electron chi connectivity index (χ3n) is 4.66. The van der Waals surface area contributed by atoms with Crippen LogP contribution in [0.15, 0.2) is 0 Å². The van der Waals surface area contributed by atoms with E-state index >= 15 is 0 Å². The van der Waals surface area contributed by atoms with Gasteiger partial charge in [0.2, 0.25) is 0 Å². The maximum Gasteiger partial charge on any atom is 0.333 e. The molecule has 1 rings (SSSR count). The van der Waals surface area contributed by atoms with Crippen molar-refractivity contribution in [2.24, 2.45) is 23.7 Å². The summed E-state index contributed by atoms with van der Waals surface area (Å²) in [6.45, 7) is 8.33. The van der Waals surface area contributed by atoms with Crippen molar-refractivity contribution in [3.8, 4) is 0 Å². The Kier molecular flexibility index (Phi) is 8.98. The van der Waals surface area contributed by atoms with Crippen LogP contribution in [0.5, 0.6) is 0 Å². The van der Waals surface area contributed by atoms with Gasteiger partial charge in [-0.25, -0.2) is 4.79 Å². The summed E-state index contributed by atoms with van der Waals surface area (Å²) >= 11 is 0. The van der Waals surface area contributed by atoms with E-state index in [-0.39, 0.29) is 5.92 Å². The highest BCUT2D eigenvalue weighted by Crippen LogP contribution is 2.40. The highest BCUT2D eigenvalue weighted by Gasteiger charge is 2.39. The summed E-state index contributed by atoms with van der Waals surface area (Å²) in [5, 5.41) is 9.57. The van der Waals surface area contributed by atoms with Crippen LogP contribution in [0.25, 0.3) is 0 Å². The molecule has 0 bridgehead atoms. The lowest BCUT2D eigenvalue weighted by molar-refractivity contribution is -0.160. The predicted octanol–water partition coefficient (Wildman–Crippen LogP) is 2.83. The van der Waals surface area contributed by atoms with Crippen molar-refractivity contribution in [2.75, 3.05) is 33.5 Å². The van der Waals surface area contributed by atoms with E-state index in [2.05, 4.69) is 20.8 Å². The van der Waals surface area contributed by atoms with Gasteiger partial charge in [-0.05, 0) is 36.5 Å². The maximum absolute atomic E-state index is 11.7. The lowest BCUT2D eigenvalue weighted by Crippen LogP contribution is -2.42. The summed E-state index contributed by atoms with van der Waals surface area (Å²) in [5.41, 5.74) is 0. The first-order valence-electron chi connectivity index (χ1n) is 8.38. The molecular formula is C17H32O5. The molecule has 0 heterocycles. The Morgan fingerprint density at radius 3 is 2.41 bits per heavy atom. The molecule has 0 aromatic carbocycles. The van der Waals surface area contributed by atoms with Gasteiger partial charge in [0.05, 0.1) is 26.4 Å². The van der Waals surface area contributed by atoms with Crippen LogP contribution in [0.2, 0.25) is 0 Å². The van der Waals surface area contributed by atoms with E-state index in [1.165, 1.54) is 6.42 Å². The number of carbonyl (C=O) groups is 1. The van der Waals surface area contributed by atoms with Crippen LogP contribution in [-0.2, 0) is 19.0 Å². The molecule has 1 fully saturated rings. The van der Waals surface area contributed by atoms with E-state index in [9.17, 15) is 9.90 Å². The Hall–Kier alpha value is -0.650. The van der Waals surface area contributed by atoms with Crippen LogP contribution < -0.4 is 0 Å². The van der Waals surface area contributed by atoms with Gasteiger partial charge in [0.15, 0.2) is 6.10 Å². The first-order chi connectivity index (χ1) is 10.5. The van der Waals surface area contributed by atoms with E-state index < -0.39 is 12.1 Å². The quantitative estimate of drug-likeness (QED) is 0.628. The molecule has 0 radical (unpaired) electrons. The van der Waals surface area contributed by atoms with Gasteiger partial charge in [0.25, 0.3) is 0 Å². The zero-order chi connectivity index (χ0) is 16.5. The maximum atomic E-state index is 11.7. The minimum absolute atomic E-state index is 0.0974. The molecule has 1 saturated carbocycles. The third kappa shape index (κ3) is 6.23. The molecule has 4 atom stereocenters. The van der Waals surface area contributed by atoms with Crippen LogP contribution in [-0.4, -0.2) is 50.7 Å². The predicted molar refractivity (Wildman–Crippen MR) is 84.9 cm³/mol. The number of ether oxygens (including phenoxy) is 3. The van der Waals surface area contributed by atoms with Gasteiger partial charge in [-0.1, -0.05) is 27.2 Å². The molecule has 0 aliphatic heterocycles. The van der Waals surface area contributed by atoms with E-state index in [0.29, 0.717) is 44.2 Å². The molecule has 0 spiro atoms. The van der Waals surface area contributed by atoms with Crippen molar-refractivity contribution in [1.29, 1.82) is 0 Å². The molecular weight excluding hydrogens is 284 g/mol. The second-order valence-corrected chi connectivity index (χ2v) is 6.72. The van der Waals surface area contributed by atoms with Crippen LogP contribution in [0.1, 0.15) is 40.0 Å². The minimum atomic E-state index is -0.846. The van der Waals surface area contributed by atoms with Crippen molar-refractivity contribution in [1.82, 2.24) is 0 Å². The summed E-state index contributed by atoms with van der Waals surface area (Å²) in [6, 6.07) is 0. The fraction of sp³-hybridized carbons (Fsp3) is 0.941. The smallest absolute Gasteiger partial charge is 0.333 e. The average Bonchev–Trinajstić information content (AvgIpc) is 2.45. The van der Waals surface area contributed by atoms with Crippen LogP contribution >= 0.6 is 0 Å². The molecule has 1 aliphatic rings. The van der Waals surface area contributed by atoms with Gasteiger partial charge in [0, 0.05) is 7.11 Å². The van der Waals surface area contributed by atoms with Crippen LogP contribution in [0.3, 0.4) is 0 Å². The Morgan fingerprint density at radius 2 is 1.82 bits per heavy atom. The number of carboxylic acid groups (broad SMARTS) is 1. The second-order valence-electron chi connectivity index (χ2n) is 6.72. The van der Waals surface area contributed by atoms with Crippen molar-refractivity contribution in [2.45, 2.75) is 46.1 Å². The zero-order valence-corrected chi connectivity index (χ0v) is 14.4. The summed E-state index contributed by atoms with van der Waals surface area (Å²) < 4.78 is 15.9. The molecule has 1 N–H and O–H groups in total. The number of carboxylic acids is 1. The molecule has 1 unspecified atom stereocenters. The normalized spacial score (nSPS) is 27.0. The molecule has 130 valence electrons. The van der Waals surface area contributed by atoms with Crippen molar-refractivity contribution in [3.63, 3.8) is 0 Å². The summed E-state index contributed by atoms with van der Waals surface area (Å²) in [6.07, 6.45) is 2.50. The van der Waals surface area contributed by atoms with E-state index in [0.717, 1.165) is 12.8 Å². The van der Waals surface area contributed by atoms with Crippen molar-refractivity contribution < 1.29 is 24.1 Å². The Morgan fingerprint density at radius 1 is 1.14 bits per heavy atom. The third-order valence-corrected chi connectivity index (χ3v) is 4.66. The van der Waals surface area contributed by atoms with E-state index in [4.69, 9.17) is 14.2 Å². The Balaban J connectivity index is 2.53. The highest BCUT2D eigenvalue weighted by atomic mass is 16.6. The Bertz CT molecular complexity index is 318. The molecule has 0 amide bonds. The summed E-state index contributed by atoms with van der Waals surface area (Å²) in [4.78, 5) is 11.7. The average molecular weight is 316 g/mol. The van der Waals surface area contributed by atoms with Gasteiger partial charge in [-0.3, -0.25) is 0 Å².